The second-order valence-corrected chi connectivity index (χ2v) is 3.68. The zero-order chi connectivity index (χ0) is 8.97. The summed E-state index contributed by atoms with van der Waals surface area (Å²) < 4.78 is 1.05. The lowest BCUT2D eigenvalue weighted by molar-refractivity contribution is -0.107. The van der Waals surface area contributed by atoms with Crippen LogP contribution >= 0.6 is 22.6 Å². The third-order valence-corrected chi connectivity index (χ3v) is 2.62. The molecule has 0 saturated carbocycles. The Hall–Kier alpha value is -0.580. The zero-order valence-electron chi connectivity index (χ0n) is 6.59. The molecule has 0 atom stereocenters. The molecule has 1 aromatic rings. The number of hydrogen-bond acceptors (Lipinski definition) is 2. The minimum absolute atomic E-state index is 0.546. The molecule has 0 spiro atoms. The van der Waals surface area contributed by atoms with Gasteiger partial charge in [-0.2, -0.15) is 0 Å². The van der Waals surface area contributed by atoms with Crippen molar-refractivity contribution in [1.29, 1.82) is 0 Å². The summed E-state index contributed by atoms with van der Waals surface area (Å²) in [6.45, 7) is 0. The molecule has 64 valence electrons. The van der Waals surface area contributed by atoms with Gasteiger partial charge in [0.1, 0.15) is 6.29 Å². The quantitative estimate of drug-likeness (QED) is 0.521. The van der Waals surface area contributed by atoms with E-state index in [1.54, 1.807) is 0 Å². The molecule has 0 aliphatic rings. The van der Waals surface area contributed by atoms with Gasteiger partial charge < -0.3 is 10.5 Å². The standard InChI is InChI=1S/C9H10INO/c10-8-5-1-3-7(9(8)11)4-2-6-12/h1,3,5-6H,2,4,11H2. The molecule has 0 bridgehead atoms. The van der Waals surface area contributed by atoms with Crippen molar-refractivity contribution in [3.63, 3.8) is 0 Å². The van der Waals surface area contributed by atoms with Crippen molar-refractivity contribution in [3.8, 4) is 0 Å². The first-order valence-corrected chi connectivity index (χ1v) is 4.80. The molecule has 0 aliphatic heterocycles. The van der Waals surface area contributed by atoms with Crippen LogP contribution in [0.4, 0.5) is 5.69 Å². The lowest BCUT2D eigenvalue weighted by Crippen LogP contribution is -1.97. The number of aldehydes is 1. The monoisotopic (exact) mass is 275 g/mol. The van der Waals surface area contributed by atoms with Crippen molar-refractivity contribution in [2.24, 2.45) is 0 Å². The van der Waals surface area contributed by atoms with E-state index in [1.807, 2.05) is 18.2 Å². The van der Waals surface area contributed by atoms with Crippen LogP contribution in [0.5, 0.6) is 0 Å². The van der Waals surface area contributed by atoms with Gasteiger partial charge in [-0.05, 0) is 40.6 Å². The summed E-state index contributed by atoms with van der Waals surface area (Å²) in [4.78, 5) is 10.1. The lowest BCUT2D eigenvalue weighted by atomic mass is 10.1. The number of nitrogens with two attached hydrogens (primary N) is 1. The fraction of sp³-hybridized carbons (Fsp3) is 0.222. The number of hydrogen-bond donors (Lipinski definition) is 1. The summed E-state index contributed by atoms with van der Waals surface area (Å²) in [5.41, 5.74) is 7.67. The third-order valence-electron chi connectivity index (χ3n) is 1.67. The average Bonchev–Trinajstić information content (AvgIpc) is 2.08. The Balaban J connectivity index is 2.84. The van der Waals surface area contributed by atoms with Gasteiger partial charge in [0, 0.05) is 15.7 Å². The fourth-order valence-electron chi connectivity index (χ4n) is 1.01. The average molecular weight is 275 g/mol. The molecule has 2 N–H and O–H groups in total. The number of rotatable bonds is 3. The van der Waals surface area contributed by atoms with Crippen LogP contribution < -0.4 is 5.73 Å². The molecule has 0 radical (unpaired) electrons. The largest absolute Gasteiger partial charge is 0.398 e. The summed E-state index contributed by atoms with van der Waals surface area (Å²) in [6, 6.07) is 5.87. The van der Waals surface area contributed by atoms with Crippen LogP contribution in [0.15, 0.2) is 18.2 Å². The Morgan fingerprint density at radius 3 is 2.92 bits per heavy atom. The van der Waals surface area contributed by atoms with E-state index < -0.39 is 0 Å². The predicted molar refractivity (Wildman–Crippen MR) is 58.0 cm³/mol. The Morgan fingerprint density at radius 2 is 2.25 bits per heavy atom. The molecule has 2 nitrogen and oxygen atoms in total. The molecule has 12 heavy (non-hydrogen) atoms. The van der Waals surface area contributed by atoms with E-state index in [9.17, 15) is 4.79 Å². The van der Waals surface area contributed by atoms with Crippen molar-refractivity contribution in [2.75, 3.05) is 5.73 Å². The van der Waals surface area contributed by atoms with E-state index in [0.717, 1.165) is 27.5 Å². The number of benzene rings is 1. The van der Waals surface area contributed by atoms with Crippen LogP contribution in [0.1, 0.15) is 12.0 Å². The predicted octanol–water partition coefficient (Wildman–Crippen LogP) is 2.00. The molecule has 0 amide bonds. The third kappa shape index (κ3) is 2.20. The molecule has 3 heteroatoms. The van der Waals surface area contributed by atoms with Gasteiger partial charge in [-0.3, -0.25) is 0 Å². The summed E-state index contributed by atoms with van der Waals surface area (Å²) >= 11 is 2.19. The minimum Gasteiger partial charge on any atom is -0.398 e. The molecule has 0 heterocycles. The van der Waals surface area contributed by atoms with Crippen molar-refractivity contribution >= 4 is 34.6 Å². The first-order valence-electron chi connectivity index (χ1n) is 3.72. The molecular formula is C9H10INO. The van der Waals surface area contributed by atoms with Crippen molar-refractivity contribution in [2.45, 2.75) is 12.8 Å². The van der Waals surface area contributed by atoms with Crippen LogP contribution in [-0.4, -0.2) is 6.29 Å². The highest BCUT2D eigenvalue weighted by atomic mass is 127. The van der Waals surface area contributed by atoms with Crippen molar-refractivity contribution in [1.82, 2.24) is 0 Å². The highest BCUT2D eigenvalue weighted by Crippen LogP contribution is 2.19. The Morgan fingerprint density at radius 1 is 1.50 bits per heavy atom. The number of aryl methyl sites for hydroxylation is 1. The maximum atomic E-state index is 10.1. The van der Waals surface area contributed by atoms with Crippen molar-refractivity contribution in [3.05, 3.63) is 27.3 Å². The van der Waals surface area contributed by atoms with Gasteiger partial charge in [-0.15, -0.1) is 0 Å². The van der Waals surface area contributed by atoms with E-state index in [1.165, 1.54) is 0 Å². The van der Waals surface area contributed by atoms with Crippen LogP contribution in [0.3, 0.4) is 0 Å². The number of carbonyl (C=O) groups is 1. The molecule has 0 saturated heterocycles. The number of carbonyl (C=O) groups excluding carboxylic acids is 1. The van der Waals surface area contributed by atoms with Crippen LogP contribution in [0.2, 0.25) is 0 Å². The minimum atomic E-state index is 0.546. The van der Waals surface area contributed by atoms with E-state index in [2.05, 4.69) is 22.6 Å². The van der Waals surface area contributed by atoms with Gasteiger partial charge in [0.2, 0.25) is 0 Å². The molecule has 1 aromatic carbocycles. The van der Waals surface area contributed by atoms with Gasteiger partial charge in [0.25, 0.3) is 0 Å². The van der Waals surface area contributed by atoms with Crippen LogP contribution in [0.25, 0.3) is 0 Å². The Bertz CT molecular complexity index is 286. The second kappa shape index (κ2) is 4.45. The Kier molecular flexibility index (Phi) is 3.52. The lowest BCUT2D eigenvalue weighted by Gasteiger charge is -2.04. The highest BCUT2D eigenvalue weighted by Gasteiger charge is 2.00. The topological polar surface area (TPSA) is 43.1 Å². The molecule has 0 aliphatic carbocycles. The fourth-order valence-corrected chi connectivity index (χ4v) is 1.57. The van der Waals surface area contributed by atoms with Gasteiger partial charge in [0.05, 0.1) is 0 Å². The summed E-state index contributed by atoms with van der Waals surface area (Å²) in [6.07, 6.45) is 2.20. The normalized spacial score (nSPS) is 9.75. The summed E-state index contributed by atoms with van der Waals surface area (Å²) in [5, 5.41) is 0. The molecule has 1 rings (SSSR count). The highest BCUT2D eigenvalue weighted by molar-refractivity contribution is 14.1. The number of halogens is 1. The van der Waals surface area contributed by atoms with Crippen LogP contribution in [0, 0.1) is 3.57 Å². The first-order chi connectivity index (χ1) is 5.75. The smallest absolute Gasteiger partial charge is 0.120 e. The van der Waals surface area contributed by atoms with Crippen molar-refractivity contribution < 1.29 is 4.79 Å². The maximum Gasteiger partial charge on any atom is 0.120 e. The van der Waals surface area contributed by atoms with Gasteiger partial charge in [-0.25, -0.2) is 0 Å². The zero-order valence-corrected chi connectivity index (χ0v) is 8.74. The summed E-state index contributed by atoms with van der Waals surface area (Å²) in [7, 11) is 0. The molecule has 0 aromatic heterocycles. The SMILES string of the molecule is Nc1c(I)cccc1CCC=O. The molecule has 0 fully saturated rings. The van der Waals surface area contributed by atoms with Gasteiger partial charge >= 0.3 is 0 Å². The van der Waals surface area contributed by atoms with E-state index in [4.69, 9.17) is 5.73 Å². The summed E-state index contributed by atoms with van der Waals surface area (Å²) in [5.74, 6) is 0. The van der Waals surface area contributed by atoms with E-state index >= 15 is 0 Å². The first kappa shape index (κ1) is 9.51. The molecular weight excluding hydrogens is 265 g/mol. The van der Waals surface area contributed by atoms with Gasteiger partial charge in [-0.1, -0.05) is 12.1 Å². The maximum absolute atomic E-state index is 10.1. The van der Waals surface area contributed by atoms with E-state index in [-0.39, 0.29) is 0 Å². The van der Waals surface area contributed by atoms with Gasteiger partial charge in [0.15, 0.2) is 0 Å². The van der Waals surface area contributed by atoms with E-state index in [0.29, 0.717) is 6.42 Å². The van der Waals surface area contributed by atoms with Crippen LogP contribution in [-0.2, 0) is 11.2 Å². The number of nitrogen functional groups attached to an aromatic ring is 1. The number of anilines is 1. The Labute approximate surface area is 85.3 Å². The molecule has 0 unspecified atom stereocenters. The second-order valence-electron chi connectivity index (χ2n) is 2.52. The number of para-hydroxylation sites is 1.